The lowest BCUT2D eigenvalue weighted by molar-refractivity contribution is -0.145. The van der Waals surface area contributed by atoms with E-state index in [-0.39, 0.29) is 0 Å². The van der Waals surface area contributed by atoms with Gasteiger partial charge in [-0.05, 0) is 20.8 Å². The van der Waals surface area contributed by atoms with Gasteiger partial charge in [-0.25, -0.2) is 9.59 Å². The number of ether oxygens (including phenoxy) is 2. The maximum atomic E-state index is 11.6. The molecule has 20 heavy (non-hydrogen) atoms. The van der Waals surface area contributed by atoms with Gasteiger partial charge in [0.25, 0.3) is 0 Å². The number of esters is 1. The van der Waals surface area contributed by atoms with E-state index in [4.69, 9.17) is 15.1 Å². The van der Waals surface area contributed by atoms with Gasteiger partial charge in [-0.2, -0.15) is 5.26 Å². The first-order chi connectivity index (χ1) is 9.10. The Hall–Kier alpha value is -2.30. The van der Waals surface area contributed by atoms with Crippen molar-refractivity contribution in [1.29, 1.82) is 5.26 Å². The number of carboxylic acids is 1. The first-order valence-electron chi connectivity index (χ1n) is 5.80. The summed E-state index contributed by atoms with van der Waals surface area (Å²) >= 11 is 0. The molecule has 0 bridgehead atoms. The monoisotopic (exact) mass is 286 g/mol. The number of alkyl carbamates (subject to hydrolysis) is 1. The smallest absolute Gasteiger partial charge is 0.408 e. The molecule has 112 valence electrons. The van der Waals surface area contributed by atoms with Crippen molar-refractivity contribution in [3.8, 4) is 6.07 Å². The van der Waals surface area contributed by atoms with Crippen LogP contribution in [0.3, 0.4) is 0 Å². The fourth-order valence-electron chi connectivity index (χ4n) is 1.25. The van der Waals surface area contributed by atoms with Crippen molar-refractivity contribution in [1.82, 2.24) is 5.32 Å². The van der Waals surface area contributed by atoms with E-state index in [0.29, 0.717) is 0 Å². The van der Waals surface area contributed by atoms with Gasteiger partial charge in [0.1, 0.15) is 17.6 Å². The first kappa shape index (κ1) is 17.7. The zero-order valence-corrected chi connectivity index (χ0v) is 11.8. The second-order valence-electron chi connectivity index (χ2n) is 4.98. The predicted molar refractivity (Wildman–Crippen MR) is 66.5 cm³/mol. The van der Waals surface area contributed by atoms with Crippen molar-refractivity contribution in [3.63, 3.8) is 0 Å². The fraction of sp³-hybridized carbons (Fsp3) is 0.667. The third-order valence-corrected chi connectivity index (χ3v) is 2.10. The number of nitrogens with one attached hydrogen (secondary N) is 1. The van der Waals surface area contributed by atoms with Crippen LogP contribution in [0.2, 0.25) is 0 Å². The topological polar surface area (TPSA) is 126 Å². The molecule has 0 aliphatic rings. The van der Waals surface area contributed by atoms with E-state index >= 15 is 0 Å². The predicted octanol–water partition coefficient (Wildman–Crippen LogP) is 0.667. The van der Waals surface area contributed by atoms with Crippen LogP contribution >= 0.6 is 0 Å². The Kier molecular flexibility index (Phi) is 6.49. The molecule has 0 fully saturated rings. The van der Waals surface area contributed by atoms with Crippen molar-refractivity contribution >= 4 is 18.0 Å². The molecule has 8 heteroatoms. The number of carbonyl (C=O) groups is 3. The lowest BCUT2D eigenvalue weighted by Gasteiger charge is -2.22. The highest BCUT2D eigenvalue weighted by Crippen LogP contribution is 2.11. The summed E-state index contributed by atoms with van der Waals surface area (Å²) in [5, 5.41) is 19.7. The third kappa shape index (κ3) is 6.58. The highest BCUT2D eigenvalue weighted by atomic mass is 16.6. The normalized spacial score (nSPS) is 13.6. The molecule has 2 atom stereocenters. The van der Waals surface area contributed by atoms with Gasteiger partial charge in [0.05, 0.1) is 13.2 Å². The Morgan fingerprint density at radius 1 is 1.35 bits per heavy atom. The van der Waals surface area contributed by atoms with Crippen molar-refractivity contribution < 1.29 is 29.0 Å². The van der Waals surface area contributed by atoms with E-state index in [1.54, 1.807) is 20.8 Å². The molecule has 1 amide bonds. The van der Waals surface area contributed by atoms with E-state index in [0.717, 1.165) is 7.11 Å². The molecule has 0 aromatic carbocycles. The zero-order chi connectivity index (χ0) is 15.9. The molecule has 2 N–H and O–H groups in total. The summed E-state index contributed by atoms with van der Waals surface area (Å²) in [7, 11) is 1.09. The quantitative estimate of drug-likeness (QED) is 0.711. The van der Waals surface area contributed by atoms with Crippen LogP contribution in [0.15, 0.2) is 0 Å². The number of amides is 1. The highest BCUT2D eigenvalue weighted by molar-refractivity contribution is 5.82. The summed E-state index contributed by atoms with van der Waals surface area (Å²) in [6.07, 6.45) is -1.30. The molecule has 0 spiro atoms. The van der Waals surface area contributed by atoms with Crippen LogP contribution in [0.4, 0.5) is 4.79 Å². The average molecular weight is 286 g/mol. The Labute approximate surface area is 116 Å². The van der Waals surface area contributed by atoms with E-state index in [2.05, 4.69) is 10.1 Å². The van der Waals surface area contributed by atoms with Crippen molar-refractivity contribution in [2.75, 3.05) is 7.11 Å². The van der Waals surface area contributed by atoms with Crippen molar-refractivity contribution in [2.45, 2.75) is 38.8 Å². The van der Waals surface area contributed by atoms with Gasteiger partial charge in [0.15, 0.2) is 0 Å². The van der Waals surface area contributed by atoms with E-state index in [9.17, 15) is 14.4 Å². The molecule has 0 rings (SSSR count). The lowest BCUT2D eigenvalue weighted by atomic mass is 10.0. The van der Waals surface area contributed by atoms with Crippen LogP contribution < -0.4 is 5.32 Å². The maximum Gasteiger partial charge on any atom is 0.408 e. The number of nitriles is 1. The van der Waals surface area contributed by atoms with Gasteiger partial charge >= 0.3 is 18.0 Å². The minimum atomic E-state index is -1.44. The van der Waals surface area contributed by atoms with E-state index in [1.165, 1.54) is 6.07 Å². The molecule has 0 saturated heterocycles. The molecule has 0 heterocycles. The summed E-state index contributed by atoms with van der Waals surface area (Å²) in [4.78, 5) is 33.8. The van der Waals surface area contributed by atoms with Gasteiger partial charge in [-0.15, -0.1) is 0 Å². The third-order valence-electron chi connectivity index (χ3n) is 2.10. The van der Waals surface area contributed by atoms with Gasteiger partial charge in [0, 0.05) is 6.42 Å². The van der Waals surface area contributed by atoms with E-state index in [1.807, 2.05) is 0 Å². The van der Waals surface area contributed by atoms with Gasteiger partial charge in [0.2, 0.25) is 0 Å². The molecule has 0 aromatic heterocycles. The number of carbonyl (C=O) groups excluding carboxylic acids is 2. The Morgan fingerprint density at radius 3 is 2.25 bits per heavy atom. The van der Waals surface area contributed by atoms with Crippen LogP contribution in [0.1, 0.15) is 27.2 Å². The molecule has 8 nitrogen and oxygen atoms in total. The van der Waals surface area contributed by atoms with Gasteiger partial charge in [-0.1, -0.05) is 0 Å². The van der Waals surface area contributed by atoms with Crippen LogP contribution in [0.25, 0.3) is 0 Å². The van der Waals surface area contributed by atoms with Crippen LogP contribution in [0, 0.1) is 17.2 Å². The SMILES string of the molecule is COC(=O)[C@@H](CC(C#N)C(=O)O)NC(=O)OC(C)(C)C. The van der Waals surface area contributed by atoms with Gasteiger partial charge in [-0.3, -0.25) is 4.79 Å². The molecule has 0 radical (unpaired) electrons. The van der Waals surface area contributed by atoms with Crippen molar-refractivity contribution in [2.24, 2.45) is 5.92 Å². The second kappa shape index (κ2) is 7.33. The summed E-state index contributed by atoms with van der Waals surface area (Å²) < 4.78 is 9.41. The molecule has 0 aliphatic heterocycles. The molecule has 1 unspecified atom stereocenters. The largest absolute Gasteiger partial charge is 0.480 e. The second-order valence-corrected chi connectivity index (χ2v) is 4.98. The molecular formula is C12H18N2O6. The highest BCUT2D eigenvalue weighted by Gasteiger charge is 2.30. The number of carboxylic acid groups (broad SMARTS) is 1. The van der Waals surface area contributed by atoms with Crippen LogP contribution in [-0.2, 0) is 19.1 Å². The number of nitrogens with zero attached hydrogens (tertiary/aromatic N) is 1. The first-order valence-corrected chi connectivity index (χ1v) is 5.80. The molecule has 0 aliphatic carbocycles. The Morgan fingerprint density at radius 2 is 1.90 bits per heavy atom. The zero-order valence-electron chi connectivity index (χ0n) is 11.8. The van der Waals surface area contributed by atoms with Crippen LogP contribution in [-0.4, -0.2) is 41.9 Å². The number of hydrogen-bond donors (Lipinski definition) is 2. The molecular weight excluding hydrogens is 268 g/mol. The maximum absolute atomic E-state index is 11.6. The van der Waals surface area contributed by atoms with Gasteiger partial charge < -0.3 is 19.9 Å². The lowest BCUT2D eigenvalue weighted by Crippen LogP contribution is -2.45. The summed E-state index contributed by atoms with van der Waals surface area (Å²) in [6, 6.07) is 0.265. The number of methoxy groups -OCH3 is 1. The summed E-state index contributed by atoms with van der Waals surface area (Å²) in [6.45, 7) is 4.90. The van der Waals surface area contributed by atoms with Crippen molar-refractivity contribution in [3.05, 3.63) is 0 Å². The molecule has 0 saturated carbocycles. The number of hydrogen-bond acceptors (Lipinski definition) is 6. The Balaban J connectivity index is 4.83. The summed E-state index contributed by atoms with van der Waals surface area (Å²) in [5.74, 6) is -3.67. The standard InChI is InChI=1S/C12H18N2O6/c1-12(2,3)20-11(18)14-8(10(17)19-4)5-7(6-13)9(15)16/h7-8H,5H2,1-4H3,(H,14,18)(H,15,16)/t7?,8-/m1/s1. The number of aliphatic carboxylic acids is 1. The molecule has 0 aromatic rings. The average Bonchev–Trinajstić information content (AvgIpc) is 2.30. The summed E-state index contributed by atoms with van der Waals surface area (Å²) in [5.41, 5.74) is -0.772. The minimum Gasteiger partial charge on any atom is -0.480 e. The fourth-order valence-corrected chi connectivity index (χ4v) is 1.25. The van der Waals surface area contributed by atoms with Crippen LogP contribution in [0.5, 0.6) is 0 Å². The minimum absolute atomic E-state index is 0.405. The number of rotatable bonds is 5. The van der Waals surface area contributed by atoms with E-state index < -0.39 is 42.0 Å². The Bertz CT molecular complexity index is 421.